The Hall–Kier alpha value is -0.380. The van der Waals surface area contributed by atoms with E-state index >= 15 is 0 Å². The Morgan fingerprint density at radius 3 is 2.47 bits per heavy atom. The molecule has 0 atom stereocenters. The molecule has 0 spiro atoms. The van der Waals surface area contributed by atoms with Gasteiger partial charge in [0.25, 0.3) is 10.2 Å². The van der Waals surface area contributed by atoms with Gasteiger partial charge in [-0.2, -0.15) is 30.6 Å². The van der Waals surface area contributed by atoms with E-state index < -0.39 is 28.5 Å². The van der Waals surface area contributed by atoms with Crippen molar-refractivity contribution in [3.8, 4) is 0 Å². The second-order valence-corrected chi connectivity index (χ2v) is 6.34. The number of halogens is 3. The SMILES string of the molecule is CC1(C)CN(S(=O)(=O)NCC(F)(F)F)CCN1. The molecule has 17 heavy (non-hydrogen) atoms. The van der Waals surface area contributed by atoms with Crippen LogP contribution in [-0.4, -0.2) is 50.6 Å². The number of alkyl halides is 3. The van der Waals surface area contributed by atoms with E-state index in [2.05, 4.69) is 5.32 Å². The van der Waals surface area contributed by atoms with Gasteiger partial charge in [0.15, 0.2) is 0 Å². The number of nitrogens with one attached hydrogen (secondary N) is 2. The topological polar surface area (TPSA) is 61.4 Å². The molecule has 0 amide bonds. The third kappa shape index (κ3) is 4.78. The maximum absolute atomic E-state index is 11.9. The number of rotatable bonds is 3. The number of nitrogens with zero attached hydrogens (tertiary/aromatic N) is 1. The molecule has 9 heteroatoms. The van der Waals surface area contributed by atoms with Gasteiger partial charge < -0.3 is 5.32 Å². The standard InChI is InChI=1S/C8H16F3N3O2S/c1-7(2)6-14(4-3-12-7)17(15,16)13-5-8(9,10)11/h12-13H,3-6H2,1-2H3. The van der Waals surface area contributed by atoms with Crippen LogP contribution in [0, 0.1) is 0 Å². The average Bonchev–Trinajstić information content (AvgIpc) is 2.12. The van der Waals surface area contributed by atoms with Gasteiger partial charge in [-0.3, -0.25) is 0 Å². The summed E-state index contributed by atoms with van der Waals surface area (Å²) in [6.07, 6.45) is -4.55. The van der Waals surface area contributed by atoms with Gasteiger partial charge in [-0.05, 0) is 13.8 Å². The summed E-state index contributed by atoms with van der Waals surface area (Å²) >= 11 is 0. The van der Waals surface area contributed by atoms with Crippen molar-refractivity contribution in [3.05, 3.63) is 0 Å². The Kier molecular flexibility index (Phi) is 4.07. The molecule has 5 nitrogen and oxygen atoms in total. The van der Waals surface area contributed by atoms with E-state index in [0.717, 1.165) is 4.31 Å². The van der Waals surface area contributed by atoms with Gasteiger partial charge in [0, 0.05) is 25.2 Å². The van der Waals surface area contributed by atoms with E-state index in [1.54, 1.807) is 18.6 Å². The lowest BCUT2D eigenvalue weighted by Crippen LogP contribution is -2.60. The maximum atomic E-state index is 11.9. The monoisotopic (exact) mass is 275 g/mol. The molecule has 1 aliphatic heterocycles. The summed E-state index contributed by atoms with van der Waals surface area (Å²) in [7, 11) is -4.06. The van der Waals surface area contributed by atoms with E-state index in [1.807, 2.05) is 0 Å². The Labute approximate surface area is 98.5 Å². The van der Waals surface area contributed by atoms with Crippen LogP contribution in [0.4, 0.5) is 13.2 Å². The highest BCUT2D eigenvalue weighted by molar-refractivity contribution is 7.87. The summed E-state index contributed by atoms with van der Waals surface area (Å²) in [5.74, 6) is 0. The normalized spacial score (nSPS) is 22.6. The summed E-state index contributed by atoms with van der Waals surface area (Å²) in [4.78, 5) is 0. The van der Waals surface area contributed by atoms with Crippen molar-refractivity contribution in [1.82, 2.24) is 14.3 Å². The van der Waals surface area contributed by atoms with Crippen LogP contribution in [0.25, 0.3) is 0 Å². The lowest BCUT2D eigenvalue weighted by molar-refractivity contribution is -0.121. The van der Waals surface area contributed by atoms with Crippen LogP contribution in [-0.2, 0) is 10.2 Å². The third-order valence-corrected chi connectivity index (χ3v) is 3.83. The maximum Gasteiger partial charge on any atom is 0.402 e. The molecule has 1 saturated heterocycles. The predicted molar refractivity (Wildman–Crippen MR) is 56.6 cm³/mol. The van der Waals surface area contributed by atoms with Crippen molar-refractivity contribution < 1.29 is 21.6 Å². The van der Waals surface area contributed by atoms with Crippen LogP contribution in [0.15, 0.2) is 0 Å². The minimum absolute atomic E-state index is 0.139. The zero-order valence-electron chi connectivity index (χ0n) is 9.63. The molecule has 0 aromatic rings. The van der Waals surface area contributed by atoms with Gasteiger partial charge in [-0.15, -0.1) is 0 Å². The average molecular weight is 275 g/mol. The molecule has 0 aromatic heterocycles. The molecule has 1 fully saturated rings. The smallest absolute Gasteiger partial charge is 0.309 e. The zero-order valence-corrected chi connectivity index (χ0v) is 10.5. The van der Waals surface area contributed by atoms with Crippen molar-refractivity contribution in [2.75, 3.05) is 26.2 Å². The number of hydrogen-bond donors (Lipinski definition) is 2. The lowest BCUT2D eigenvalue weighted by Gasteiger charge is -2.38. The molecule has 102 valence electrons. The number of hydrogen-bond acceptors (Lipinski definition) is 3. The number of piperazine rings is 1. The van der Waals surface area contributed by atoms with Crippen LogP contribution < -0.4 is 10.0 Å². The molecule has 1 aliphatic rings. The van der Waals surface area contributed by atoms with Crippen LogP contribution in [0.3, 0.4) is 0 Å². The van der Waals surface area contributed by atoms with Gasteiger partial charge in [-0.1, -0.05) is 0 Å². The molecule has 0 bridgehead atoms. The van der Waals surface area contributed by atoms with Crippen LogP contribution in [0.5, 0.6) is 0 Å². The molecule has 2 N–H and O–H groups in total. The first kappa shape index (κ1) is 14.7. The molecule has 0 saturated carbocycles. The first-order valence-electron chi connectivity index (χ1n) is 5.08. The van der Waals surface area contributed by atoms with Gasteiger partial charge in [0.2, 0.25) is 0 Å². The molecule has 0 radical (unpaired) electrons. The quantitative estimate of drug-likeness (QED) is 0.766. The summed E-state index contributed by atoms with van der Waals surface area (Å²) in [6.45, 7) is 2.76. The van der Waals surface area contributed by atoms with Gasteiger partial charge in [0.05, 0.1) is 0 Å². The predicted octanol–water partition coefficient (Wildman–Crippen LogP) is 0.0669. The van der Waals surface area contributed by atoms with Crippen LogP contribution in [0.1, 0.15) is 13.8 Å². The fourth-order valence-electron chi connectivity index (χ4n) is 1.56. The minimum Gasteiger partial charge on any atom is -0.309 e. The van der Waals surface area contributed by atoms with E-state index in [4.69, 9.17) is 0 Å². The van der Waals surface area contributed by atoms with E-state index in [9.17, 15) is 21.6 Å². The summed E-state index contributed by atoms with van der Waals surface area (Å²) < 4.78 is 61.6. The fourth-order valence-corrected chi connectivity index (χ4v) is 2.92. The Bertz CT molecular complexity index is 367. The largest absolute Gasteiger partial charge is 0.402 e. The Morgan fingerprint density at radius 2 is 2.00 bits per heavy atom. The second-order valence-electron chi connectivity index (χ2n) is 4.59. The highest BCUT2D eigenvalue weighted by Gasteiger charge is 2.35. The molecular formula is C8H16F3N3O2S. The third-order valence-electron chi connectivity index (χ3n) is 2.33. The molecule has 1 heterocycles. The van der Waals surface area contributed by atoms with Gasteiger partial charge in [0.1, 0.15) is 6.54 Å². The summed E-state index contributed by atoms with van der Waals surface area (Å²) in [5.41, 5.74) is -0.439. The lowest BCUT2D eigenvalue weighted by atomic mass is 10.0. The van der Waals surface area contributed by atoms with Crippen LogP contribution >= 0.6 is 0 Å². The summed E-state index contributed by atoms with van der Waals surface area (Å²) in [5, 5.41) is 3.08. The minimum atomic E-state index is -4.55. The van der Waals surface area contributed by atoms with Crippen molar-refractivity contribution in [1.29, 1.82) is 0 Å². The van der Waals surface area contributed by atoms with Gasteiger partial charge in [-0.25, -0.2) is 0 Å². The van der Waals surface area contributed by atoms with Crippen molar-refractivity contribution in [3.63, 3.8) is 0 Å². The molecule has 0 aromatic carbocycles. The molecule has 1 rings (SSSR count). The van der Waals surface area contributed by atoms with Gasteiger partial charge >= 0.3 is 6.18 Å². The second kappa shape index (κ2) is 4.71. The van der Waals surface area contributed by atoms with E-state index in [0.29, 0.717) is 6.54 Å². The Balaban J connectivity index is 2.64. The highest BCUT2D eigenvalue weighted by atomic mass is 32.2. The first-order chi connectivity index (χ1) is 7.52. The zero-order chi connectivity index (χ0) is 13.3. The van der Waals surface area contributed by atoms with Crippen molar-refractivity contribution in [2.45, 2.75) is 25.6 Å². The van der Waals surface area contributed by atoms with E-state index in [1.165, 1.54) is 0 Å². The van der Waals surface area contributed by atoms with Crippen LogP contribution in [0.2, 0.25) is 0 Å². The van der Waals surface area contributed by atoms with Crippen molar-refractivity contribution in [2.24, 2.45) is 0 Å². The molecule has 0 unspecified atom stereocenters. The Morgan fingerprint density at radius 1 is 1.41 bits per heavy atom. The molecule has 0 aliphatic carbocycles. The van der Waals surface area contributed by atoms with Crippen molar-refractivity contribution >= 4 is 10.2 Å². The highest BCUT2D eigenvalue weighted by Crippen LogP contribution is 2.16. The molecular weight excluding hydrogens is 259 g/mol. The van der Waals surface area contributed by atoms with E-state index in [-0.39, 0.29) is 13.1 Å². The fraction of sp³-hybridized carbons (Fsp3) is 1.00. The first-order valence-corrected chi connectivity index (χ1v) is 6.52. The summed E-state index contributed by atoms with van der Waals surface area (Å²) in [6, 6.07) is 0.